The Labute approximate surface area is 103 Å². The lowest BCUT2D eigenvalue weighted by molar-refractivity contribution is 0.348. The van der Waals surface area contributed by atoms with Gasteiger partial charge in [0.05, 0.1) is 14.2 Å². The highest BCUT2D eigenvalue weighted by Gasteiger charge is 2.04. The van der Waals surface area contributed by atoms with Gasteiger partial charge in [0.1, 0.15) is 0 Å². The molecule has 0 unspecified atom stereocenters. The zero-order chi connectivity index (χ0) is 11.3. The molecular formula is C11H19ClN2O2. The Hall–Kier alpha value is -0.970. The van der Waals surface area contributed by atoms with Gasteiger partial charge in [-0.3, -0.25) is 5.84 Å². The van der Waals surface area contributed by atoms with E-state index in [1.165, 1.54) is 5.56 Å². The number of nitrogens with two attached hydrogens (primary N) is 1. The van der Waals surface area contributed by atoms with E-state index in [4.69, 9.17) is 15.3 Å². The summed E-state index contributed by atoms with van der Waals surface area (Å²) >= 11 is 0. The molecule has 2 N–H and O–H groups in total. The number of benzene rings is 1. The van der Waals surface area contributed by atoms with Crippen molar-refractivity contribution in [2.75, 3.05) is 27.8 Å². The molecule has 1 aromatic rings. The van der Waals surface area contributed by atoms with Crippen LogP contribution >= 0.6 is 12.4 Å². The van der Waals surface area contributed by atoms with E-state index in [0.717, 1.165) is 24.5 Å². The molecule has 4 nitrogen and oxygen atoms in total. The lowest BCUT2D eigenvalue weighted by Crippen LogP contribution is -2.28. The summed E-state index contributed by atoms with van der Waals surface area (Å²) in [6.45, 7) is 0.815. The molecule has 0 saturated carbocycles. The molecule has 0 atom stereocenters. The molecule has 0 radical (unpaired) electrons. The maximum Gasteiger partial charge on any atom is 0.160 e. The van der Waals surface area contributed by atoms with E-state index in [1.54, 1.807) is 19.2 Å². The lowest BCUT2D eigenvalue weighted by atomic mass is 10.1. The predicted octanol–water partition coefficient (Wildman–Crippen LogP) is 1.47. The molecule has 0 fully saturated rings. The minimum atomic E-state index is 0. The van der Waals surface area contributed by atoms with Crippen LogP contribution < -0.4 is 15.3 Å². The van der Waals surface area contributed by atoms with Crippen LogP contribution in [0.25, 0.3) is 0 Å². The summed E-state index contributed by atoms with van der Waals surface area (Å²) in [7, 11) is 5.11. The minimum Gasteiger partial charge on any atom is -0.493 e. The van der Waals surface area contributed by atoms with Crippen molar-refractivity contribution >= 4 is 12.4 Å². The monoisotopic (exact) mass is 246 g/mol. The predicted molar refractivity (Wildman–Crippen MR) is 67.3 cm³/mol. The second kappa shape index (κ2) is 7.33. The molecule has 92 valence electrons. The van der Waals surface area contributed by atoms with Crippen molar-refractivity contribution in [1.29, 1.82) is 0 Å². The van der Waals surface area contributed by atoms with E-state index < -0.39 is 0 Å². The van der Waals surface area contributed by atoms with Crippen LogP contribution in [0.5, 0.6) is 11.5 Å². The third-order valence-electron chi connectivity index (χ3n) is 2.20. The van der Waals surface area contributed by atoms with Gasteiger partial charge in [-0.05, 0) is 24.1 Å². The quantitative estimate of drug-likeness (QED) is 0.632. The first-order valence-corrected chi connectivity index (χ1v) is 4.84. The maximum atomic E-state index is 5.54. The van der Waals surface area contributed by atoms with Crippen LogP contribution in [0, 0.1) is 0 Å². The maximum absolute atomic E-state index is 5.54. The highest BCUT2D eigenvalue weighted by molar-refractivity contribution is 5.85. The number of rotatable bonds is 5. The van der Waals surface area contributed by atoms with E-state index in [2.05, 4.69) is 0 Å². The van der Waals surface area contributed by atoms with Gasteiger partial charge >= 0.3 is 0 Å². The summed E-state index contributed by atoms with van der Waals surface area (Å²) in [5.74, 6) is 7.06. The van der Waals surface area contributed by atoms with Crippen molar-refractivity contribution in [2.45, 2.75) is 6.42 Å². The number of nitrogens with zero attached hydrogens (tertiary/aromatic N) is 1. The Balaban J connectivity index is 0.00000225. The summed E-state index contributed by atoms with van der Waals surface area (Å²) in [5.41, 5.74) is 1.19. The smallest absolute Gasteiger partial charge is 0.160 e. The third-order valence-corrected chi connectivity index (χ3v) is 2.20. The fourth-order valence-corrected chi connectivity index (χ4v) is 1.34. The molecule has 1 aromatic carbocycles. The van der Waals surface area contributed by atoms with Crippen molar-refractivity contribution < 1.29 is 9.47 Å². The summed E-state index contributed by atoms with van der Waals surface area (Å²) in [5, 5.41) is 1.66. The summed E-state index contributed by atoms with van der Waals surface area (Å²) in [6.07, 6.45) is 0.896. The normalized spacial score (nSPS) is 9.81. The molecule has 0 bridgehead atoms. The van der Waals surface area contributed by atoms with E-state index in [0.29, 0.717) is 0 Å². The second-order valence-corrected chi connectivity index (χ2v) is 3.42. The van der Waals surface area contributed by atoms with Crippen LogP contribution in [0.2, 0.25) is 0 Å². The molecule has 0 amide bonds. The zero-order valence-electron chi connectivity index (χ0n) is 9.90. The van der Waals surface area contributed by atoms with E-state index in [-0.39, 0.29) is 12.4 Å². The zero-order valence-corrected chi connectivity index (χ0v) is 10.7. The number of methoxy groups -OCH3 is 2. The Kier molecular flexibility index (Phi) is 6.88. The fraction of sp³-hybridized carbons (Fsp3) is 0.455. The van der Waals surface area contributed by atoms with E-state index >= 15 is 0 Å². The molecule has 0 aliphatic heterocycles. The molecule has 16 heavy (non-hydrogen) atoms. The van der Waals surface area contributed by atoms with Gasteiger partial charge in [-0.15, -0.1) is 12.4 Å². The first kappa shape index (κ1) is 15.0. The summed E-state index contributed by atoms with van der Waals surface area (Å²) in [4.78, 5) is 0. The van der Waals surface area contributed by atoms with Crippen LogP contribution in [0.15, 0.2) is 18.2 Å². The number of ether oxygens (including phenoxy) is 2. The van der Waals surface area contributed by atoms with Gasteiger partial charge in [-0.25, -0.2) is 5.01 Å². The topological polar surface area (TPSA) is 47.7 Å². The molecule has 0 heterocycles. The molecule has 0 saturated heterocycles. The summed E-state index contributed by atoms with van der Waals surface area (Å²) < 4.78 is 10.4. The van der Waals surface area contributed by atoms with Gasteiger partial charge in [0.15, 0.2) is 11.5 Å². The first-order chi connectivity index (χ1) is 7.17. The van der Waals surface area contributed by atoms with Crippen LogP contribution in [0.3, 0.4) is 0 Å². The first-order valence-electron chi connectivity index (χ1n) is 4.84. The van der Waals surface area contributed by atoms with Crippen molar-refractivity contribution in [2.24, 2.45) is 5.84 Å². The third kappa shape index (κ3) is 4.26. The molecule has 0 aliphatic rings. The van der Waals surface area contributed by atoms with E-state index in [1.807, 2.05) is 25.2 Å². The van der Waals surface area contributed by atoms with Crippen LogP contribution in [0.4, 0.5) is 0 Å². The summed E-state index contributed by atoms with van der Waals surface area (Å²) in [6, 6.07) is 5.90. The van der Waals surface area contributed by atoms with Gasteiger partial charge in [0.2, 0.25) is 0 Å². The number of likely N-dealkylation sites (N-methyl/N-ethyl adjacent to an activating group) is 1. The van der Waals surface area contributed by atoms with Gasteiger partial charge in [-0.2, -0.15) is 0 Å². The van der Waals surface area contributed by atoms with Crippen molar-refractivity contribution in [3.05, 3.63) is 23.8 Å². The van der Waals surface area contributed by atoms with Crippen molar-refractivity contribution in [3.63, 3.8) is 0 Å². The Morgan fingerprint density at radius 1 is 1.19 bits per heavy atom. The average molecular weight is 247 g/mol. The lowest BCUT2D eigenvalue weighted by Gasteiger charge is -2.11. The molecule has 0 aliphatic carbocycles. The van der Waals surface area contributed by atoms with Crippen molar-refractivity contribution in [1.82, 2.24) is 5.01 Å². The number of hydrazine groups is 1. The fourth-order valence-electron chi connectivity index (χ4n) is 1.34. The molecule has 0 spiro atoms. The minimum absolute atomic E-state index is 0. The highest BCUT2D eigenvalue weighted by atomic mass is 35.5. The standard InChI is InChI=1S/C11H18N2O2.ClH/c1-13(12)7-6-9-4-5-10(14-2)11(8-9)15-3;/h4-5,8H,6-7,12H2,1-3H3;1H. The highest BCUT2D eigenvalue weighted by Crippen LogP contribution is 2.27. The average Bonchev–Trinajstić information content (AvgIpc) is 2.25. The number of hydrogen-bond donors (Lipinski definition) is 1. The van der Waals surface area contributed by atoms with E-state index in [9.17, 15) is 0 Å². The van der Waals surface area contributed by atoms with Crippen LogP contribution in [0.1, 0.15) is 5.56 Å². The second-order valence-electron chi connectivity index (χ2n) is 3.42. The van der Waals surface area contributed by atoms with Crippen LogP contribution in [-0.4, -0.2) is 32.8 Å². The number of halogens is 1. The molecule has 1 rings (SSSR count). The Morgan fingerprint density at radius 3 is 2.31 bits per heavy atom. The molecule has 5 heteroatoms. The molecular weight excluding hydrogens is 228 g/mol. The SMILES string of the molecule is COc1ccc(CCN(C)N)cc1OC.Cl. The van der Waals surface area contributed by atoms with Gasteiger partial charge in [0, 0.05) is 13.6 Å². The Bertz CT molecular complexity index is 319. The van der Waals surface area contributed by atoms with Gasteiger partial charge in [0.25, 0.3) is 0 Å². The molecule has 0 aromatic heterocycles. The largest absolute Gasteiger partial charge is 0.493 e. The number of hydrogen-bond acceptors (Lipinski definition) is 4. The van der Waals surface area contributed by atoms with Gasteiger partial charge < -0.3 is 9.47 Å². The van der Waals surface area contributed by atoms with Gasteiger partial charge in [-0.1, -0.05) is 6.07 Å². The van der Waals surface area contributed by atoms with Crippen LogP contribution in [-0.2, 0) is 6.42 Å². The van der Waals surface area contributed by atoms with Crippen molar-refractivity contribution in [3.8, 4) is 11.5 Å². The Morgan fingerprint density at radius 2 is 1.81 bits per heavy atom.